The Kier molecular flexibility index (Phi) is 4.06. The third-order valence-electron chi connectivity index (χ3n) is 2.59. The molecule has 0 radical (unpaired) electrons. The molecule has 0 aliphatic heterocycles. The fourth-order valence-electron chi connectivity index (χ4n) is 1.54. The van der Waals surface area contributed by atoms with Crippen LogP contribution in [0.5, 0.6) is 5.75 Å². The highest BCUT2D eigenvalue weighted by Crippen LogP contribution is 2.30. The normalized spacial score (nSPS) is 10.2. The first-order valence-corrected chi connectivity index (χ1v) is 6.36. The standard InChI is InChI=1S/C14H12BrNO3/c15-13-11(16)2-1-3-12(13)19-8-9-4-6-10(7-5-9)14(17)18/h1-7H,8,16H2,(H,17,18). The van der Waals surface area contributed by atoms with Gasteiger partial charge in [0, 0.05) is 5.69 Å². The van der Waals surface area contributed by atoms with E-state index in [0.29, 0.717) is 18.0 Å². The number of carboxylic acid groups (broad SMARTS) is 1. The molecule has 0 amide bonds. The number of ether oxygens (including phenoxy) is 1. The molecule has 0 fully saturated rings. The van der Waals surface area contributed by atoms with Gasteiger partial charge in [-0.15, -0.1) is 0 Å². The Balaban J connectivity index is 2.06. The van der Waals surface area contributed by atoms with Gasteiger partial charge in [0.15, 0.2) is 0 Å². The summed E-state index contributed by atoms with van der Waals surface area (Å²) in [7, 11) is 0. The van der Waals surface area contributed by atoms with Crippen LogP contribution in [0.25, 0.3) is 0 Å². The van der Waals surface area contributed by atoms with Crippen molar-refractivity contribution in [3.8, 4) is 5.75 Å². The Labute approximate surface area is 118 Å². The molecule has 4 nitrogen and oxygen atoms in total. The van der Waals surface area contributed by atoms with E-state index in [1.165, 1.54) is 0 Å². The largest absolute Gasteiger partial charge is 0.488 e. The van der Waals surface area contributed by atoms with Gasteiger partial charge in [0.1, 0.15) is 12.4 Å². The molecular formula is C14H12BrNO3. The van der Waals surface area contributed by atoms with Gasteiger partial charge in [-0.25, -0.2) is 4.79 Å². The molecule has 0 unspecified atom stereocenters. The van der Waals surface area contributed by atoms with Gasteiger partial charge in [0.05, 0.1) is 10.0 Å². The van der Waals surface area contributed by atoms with Gasteiger partial charge in [-0.05, 0) is 45.8 Å². The van der Waals surface area contributed by atoms with Gasteiger partial charge >= 0.3 is 5.97 Å². The maximum absolute atomic E-state index is 10.7. The van der Waals surface area contributed by atoms with Crippen molar-refractivity contribution in [3.63, 3.8) is 0 Å². The molecule has 0 saturated heterocycles. The third-order valence-corrected chi connectivity index (χ3v) is 3.44. The van der Waals surface area contributed by atoms with E-state index in [2.05, 4.69) is 15.9 Å². The van der Waals surface area contributed by atoms with Gasteiger partial charge in [-0.2, -0.15) is 0 Å². The van der Waals surface area contributed by atoms with Gasteiger partial charge in [0.2, 0.25) is 0 Å². The number of benzene rings is 2. The van der Waals surface area contributed by atoms with E-state index >= 15 is 0 Å². The van der Waals surface area contributed by atoms with Crippen LogP contribution in [0.15, 0.2) is 46.9 Å². The van der Waals surface area contributed by atoms with Crippen LogP contribution in [0.2, 0.25) is 0 Å². The van der Waals surface area contributed by atoms with Crippen molar-refractivity contribution >= 4 is 27.6 Å². The van der Waals surface area contributed by atoms with Crippen molar-refractivity contribution in [1.82, 2.24) is 0 Å². The molecule has 0 saturated carbocycles. The monoisotopic (exact) mass is 321 g/mol. The molecule has 19 heavy (non-hydrogen) atoms. The lowest BCUT2D eigenvalue weighted by molar-refractivity contribution is 0.0697. The lowest BCUT2D eigenvalue weighted by Crippen LogP contribution is -1.99. The molecule has 0 spiro atoms. The number of anilines is 1. The highest BCUT2D eigenvalue weighted by molar-refractivity contribution is 9.10. The van der Waals surface area contributed by atoms with Gasteiger partial charge in [-0.1, -0.05) is 18.2 Å². The van der Waals surface area contributed by atoms with E-state index < -0.39 is 5.97 Å². The second-order valence-corrected chi connectivity index (χ2v) is 4.74. The van der Waals surface area contributed by atoms with E-state index in [4.69, 9.17) is 15.6 Å². The predicted molar refractivity (Wildman–Crippen MR) is 76.3 cm³/mol. The smallest absolute Gasteiger partial charge is 0.335 e. The first-order chi connectivity index (χ1) is 9.08. The minimum Gasteiger partial charge on any atom is -0.488 e. The van der Waals surface area contributed by atoms with E-state index in [1.54, 1.807) is 30.3 Å². The number of carbonyl (C=O) groups is 1. The fraction of sp³-hybridized carbons (Fsp3) is 0.0714. The SMILES string of the molecule is Nc1cccc(OCc2ccc(C(=O)O)cc2)c1Br. The van der Waals surface area contributed by atoms with Crippen LogP contribution in [-0.4, -0.2) is 11.1 Å². The molecule has 3 N–H and O–H groups in total. The number of halogens is 1. The Hall–Kier alpha value is -2.01. The number of nitrogens with two attached hydrogens (primary N) is 1. The van der Waals surface area contributed by atoms with Crippen molar-refractivity contribution < 1.29 is 14.6 Å². The van der Waals surface area contributed by atoms with E-state index in [0.717, 1.165) is 10.0 Å². The van der Waals surface area contributed by atoms with E-state index in [-0.39, 0.29) is 5.56 Å². The number of rotatable bonds is 4. The van der Waals surface area contributed by atoms with E-state index in [9.17, 15) is 4.79 Å². The fourth-order valence-corrected chi connectivity index (χ4v) is 1.92. The second kappa shape index (κ2) is 5.75. The summed E-state index contributed by atoms with van der Waals surface area (Å²) in [5.41, 5.74) is 7.51. The zero-order valence-electron chi connectivity index (χ0n) is 9.97. The quantitative estimate of drug-likeness (QED) is 0.847. The second-order valence-electron chi connectivity index (χ2n) is 3.95. The maximum Gasteiger partial charge on any atom is 0.335 e. The summed E-state index contributed by atoms with van der Waals surface area (Å²) in [6.07, 6.45) is 0. The molecule has 2 aromatic carbocycles. The molecule has 0 aromatic heterocycles. The molecule has 0 aliphatic rings. The molecule has 0 heterocycles. The van der Waals surface area contributed by atoms with Crippen LogP contribution in [0, 0.1) is 0 Å². The zero-order chi connectivity index (χ0) is 13.8. The zero-order valence-corrected chi connectivity index (χ0v) is 11.6. The number of hydrogen-bond donors (Lipinski definition) is 2. The minimum atomic E-state index is -0.939. The Bertz CT molecular complexity index is 596. The predicted octanol–water partition coefficient (Wildman–Crippen LogP) is 3.31. The number of hydrogen-bond acceptors (Lipinski definition) is 3. The minimum absolute atomic E-state index is 0.258. The average Bonchev–Trinajstić information content (AvgIpc) is 2.41. The van der Waals surface area contributed by atoms with E-state index in [1.807, 2.05) is 12.1 Å². The molecule has 0 bridgehead atoms. The first-order valence-electron chi connectivity index (χ1n) is 5.57. The Morgan fingerprint density at radius 2 is 1.89 bits per heavy atom. The van der Waals surface area contributed by atoms with Crippen LogP contribution in [-0.2, 0) is 6.61 Å². The lowest BCUT2D eigenvalue weighted by Gasteiger charge is -2.09. The summed E-state index contributed by atoms with van der Waals surface area (Å²) in [5, 5.41) is 8.80. The molecule has 2 rings (SSSR count). The topological polar surface area (TPSA) is 72.5 Å². The van der Waals surface area contributed by atoms with Crippen LogP contribution < -0.4 is 10.5 Å². The van der Waals surface area contributed by atoms with Gasteiger partial charge in [0.25, 0.3) is 0 Å². The summed E-state index contributed by atoms with van der Waals surface area (Å²) < 4.78 is 6.35. The Morgan fingerprint density at radius 1 is 1.21 bits per heavy atom. The van der Waals surface area contributed by atoms with Crippen molar-refractivity contribution in [2.75, 3.05) is 5.73 Å². The molecule has 0 aliphatic carbocycles. The lowest BCUT2D eigenvalue weighted by atomic mass is 10.1. The number of aromatic carboxylic acids is 1. The van der Waals surface area contributed by atoms with Crippen LogP contribution >= 0.6 is 15.9 Å². The van der Waals surface area contributed by atoms with Crippen molar-refractivity contribution in [2.24, 2.45) is 0 Å². The third kappa shape index (κ3) is 3.26. The van der Waals surface area contributed by atoms with Crippen LogP contribution in [0.4, 0.5) is 5.69 Å². The van der Waals surface area contributed by atoms with Gasteiger partial charge in [-0.3, -0.25) is 0 Å². The van der Waals surface area contributed by atoms with Crippen LogP contribution in [0.3, 0.4) is 0 Å². The Morgan fingerprint density at radius 3 is 2.53 bits per heavy atom. The average molecular weight is 322 g/mol. The maximum atomic E-state index is 10.7. The molecule has 0 atom stereocenters. The molecular weight excluding hydrogens is 310 g/mol. The van der Waals surface area contributed by atoms with Crippen molar-refractivity contribution in [1.29, 1.82) is 0 Å². The number of nitrogen functional groups attached to an aromatic ring is 1. The van der Waals surface area contributed by atoms with Crippen molar-refractivity contribution in [2.45, 2.75) is 6.61 Å². The molecule has 98 valence electrons. The molecule has 5 heteroatoms. The number of carboxylic acids is 1. The highest BCUT2D eigenvalue weighted by atomic mass is 79.9. The highest BCUT2D eigenvalue weighted by Gasteiger charge is 2.05. The van der Waals surface area contributed by atoms with Gasteiger partial charge < -0.3 is 15.6 Å². The van der Waals surface area contributed by atoms with Crippen LogP contribution in [0.1, 0.15) is 15.9 Å². The summed E-state index contributed by atoms with van der Waals surface area (Å²) in [6.45, 7) is 0.349. The van der Waals surface area contributed by atoms with Crippen molar-refractivity contribution in [3.05, 3.63) is 58.1 Å². The summed E-state index contributed by atoms with van der Waals surface area (Å²) >= 11 is 3.36. The molecule has 2 aromatic rings. The summed E-state index contributed by atoms with van der Waals surface area (Å²) in [4.78, 5) is 10.7. The summed E-state index contributed by atoms with van der Waals surface area (Å²) in [6, 6.07) is 12.0. The first kappa shape index (κ1) is 13.4. The summed E-state index contributed by atoms with van der Waals surface area (Å²) in [5.74, 6) is -0.284.